The molecular weight excluding hydrogens is 236 g/mol. The number of rotatable bonds is 4. The highest BCUT2D eigenvalue weighted by Gasteiger charge is 2.31. The molecule has 4 unspecified atom stereocenters. The maximum Gasteiger partial charge on any atom is 0.0471 e. The van der Waals surface area contributed by atoms with Gasteiger partial charge in [-0.1, -0.05) is 13.8 Å². The Balaban J connectivity index is 1.85. The second-order valence-corrected chi connectivity index (χ2v) is 7.19. The summed E-state index contributed by atoms with van der Waals surface area (Å²) >= 11 is 0. The number of hydrogen-bond acceptors (Lipinski definition) is 3. The van der Waals surface area contributed by atoms with Crippen LogP contribution >= 0.6 is 0 Å². The standard InChI is InChI=1S/C16H32N2O/c1-12(2)14-5-6-16(17)15(8-14)10-18-7-3-4-13(9-18)11-19/h12-16,19H,3-11,17H2,1-2H3. The van der Waals surface area contributed by atoms with E-state index in [9.17, 15) is 5.11 Å². The van der Waals surface area contributed by atoms with Crippen LogP contribution in [0.3, 0.4) is 0 Å². The van der Waals surface area contributed by atoms with Crippen LogP contribution in [-0.2, 0) is 0 Å². The smallest absolute Gasteiger partial charge is 0.0471 e. The predicted octanol–water partition coefficient (Wildman–Crippen LogP) is 2.09. The lowest BCUT2D eigenvalue weighted by atomic mass is 9.73. The molecule has 112 valence electrons. The number of aliphatic hydroxyl groups excluding tert-OH is 1. The minimum absolute atomic E-state index is 0.349. The average Bonchev–Trinajstić information content (AvgIpc) is 2.41. The molecule has 1 saturated carbocycles. The van der Waals surface area contributed by atoms with Gasteiger partial charge in [0.1, 0.15) is 0 Å². The predicted molar refractivity (Wildman–Crippen MR) is 79.9 cm³/mol. The lowest BCUT2D eigenvalue weighted by Crippen LogP contribution is -2.46. The lowest BCUT2D eigenvalue weighted by Gasteiger charge is -2.40. The Hall–Kier alpha value is -0.120. The number of hydrogen-bond donors (Lipinski definition) is 2. The fraction of sp³-hybridized carbons (Fsp3) is 1.00. The third-order valence-corrected chi connectivity index (χ3v) is 5.38. The Kier molecular flexibility index (Phi) is 5.67. The molecule has 2 aliphatic rings. The zero-order chi connectivity index (χ0) is 13.8. The summed E-state index contributed by atoms with van der Waals surface area (Å²) in [5.74, 6) is 2.82. The van der Waals surface area contributed by atoms with Gasteiger partial charge in [0.2, 0.25) is 0 Å². The zero-order valence-corrected chi connectivity index (χ0v) is 12.7. The molecular formula is C16H32N2O. The van der Waals surface area contributed by atoms with Gasteiger partial charge in [-0.3, -0.25) is 0 Å². The molecule has 0 radical (unpaired) electrons. The lowest BCUT2D eigenvalue weighted by molar-refractivity contribution is 0.0832. The maximum absolute atomic E-state index is 9.33. The van der Waals surface area contributed by atoms with Crippen molar-refractivity contribution in [3.63, 3.8) is 0 Å². The summed E-state index contributed by atoms with van der Waals surface area (Å²) in [4.78, 5) is 2.55. The van der Waals surface area contributed by atoms with Gasteiger partial charge < -0.3 is 15.7 Å². The zero-order valence-electron chi connectivity index (χ0n) is 12.7. The molecule has 3 nitrogen and oxygen atoms in total. The van der Waals surface area contributed by atoms with Crippen LogP contribution in [0.4, 0.5) is 0 Å². The van der Waals surface area contributed by atoms with Gasteiger partial charge in [0.05, 0.1) is 0 Å². The summed E-state index contributed by atoms with van der Waals surface area (Å²) < 4.78 is 0. The van der Waals surface area contributed by atoms with E-state index in [1.54, 1.807) is 0 Å². The Bertz CT molecular complexity index is 269. The van der Waals surface area contributed by atoms with E-state index in [1.807, 2.05) is 0 Å². The van der Waals surface area contributed by atoms with Crippen molar-refractivity contribution in [2.24, 2.45) is 29.4 Å². The highest BCUT2D eigenvalue weighted by atomic mass is 16.3. The number of nitrogens with zero attached hydrogens (tertiary/aromatic N) is 1. The average molecular weight is 268 g/mol. The summed E-state index contributed by atoms with van der Waals surface area (Å²) in [6, 6.07) is 0.393. The van der Waals surface area contributed by atoms with Crippen molar-refractivity contribution < 1.29 is 5.11 Å². The molecule has 0 aromatic rings. The van der Waals surface area contributed by atoms with Gasteiger partial charge in [-0.2, -0.15) is 0 Å². The monoisotopic (exact) mass is 268 g/mol. The van der Waals surface area contributed by atoms with Crippen molar-refractivity contribution in [3.05, 3.63) is 0 Å². The Morgan fingerprint density at radius 2 is 2.05 bits per heavy atom. The molecule has 2 rings (SSSR count). The molecule has 0 amide bonds. The van der Waals surface area contributed by atoms with Gasteiger partial charge in [0.25, 0.3) is 0 Å². The SMILES string of the molecule is CC(C)C1CCC(N)C(CN2CCCC(CO)C2)C1. The van der Waals surface area contributed by atoms with E-state index in [0.717, 1.165) is 24.9 Å². The van der Waals surface area contributed by atoms with E-state index in [2.05, 4.69) is 18.7 Å². The molecule has 0 aromatic carbocycles. The van der Waals surface area contributed by atoms with E-state index < -0.39 is 0 Å². The third-order valence-electron chi connectivity index (χ3n) is 5.38. The minimum Gasteiger partial charge on any atom is -0.396 e. The molecule has 1 aliphatic carbocycles. The molecule has 3 N–H and O–H groups in total. The number of piperidine rings is 1. The van der Waals surface area contributed by atoms with Crippen LogP contribution in [0.25, 0.3) is 0 Å². The second-order valence-electron chi connectivity index (χ2n) is 7.19. The largest absolute Gasteiger partial charge is 0.396 e. The highest BCUT2D eigenvalue weighted by Crippen LogP contribution is 2.34. The first-order chi connectivity index (χ1) is 9.10. The molecule has 1 aliphatic heterocycles. The Labute approximate surface area is 118 Å². The van der Waals surface area contributed by atoms with Crippen LogP contribution in [0.2, 0.25) is 0 Å². The fourth-order valence-corrected chi connectivity index (χ4v) is 3.94. The van der Waals surface area contributed by atoms with Crippen molar-refractivity contribution >= 4 is 0 Å². The van der Waals surface area contributed by atoms with Crippen molar-refractivity contribution in [1.29, 1.82) is 0 Å². The summed E-state index contributed by atoms with van der Waals surface area (Å²) in [6.45, 7) is 8.48. The summed E-state index contributed by atoms with van der Waals surface area (Å²) in [5.41, 5.74) is 6.35. The normalized spacial score (nSPS) is 37.7. The van der Waals surface area contributed by atoms with E-state index in [0.29, 0.717) is 24.5 Å². The van der Waals surface area contributed by atoms with Gasteiger partial charge in [0.15, 0.2) is 0 Å². The highest BCUT2D eigenvalue weighted by molar-refractivity contribution is 4.86. The first-order valence-electron chi connectivity index (χ1n) is 8.19. The van der Waals surface area contributed by atoms with Gasteiger partial charge in [-0.15, -0.1) is 0 Å². The van der Waals surface area contributed by atoms with Gasteiger partial charge in [0, 0.05) is 25.7 Å². The minimum atomic E-state index is 0.349. The first kappa shape index (κ1) is 15.3. The van der Waals surface area contributed by atoms with Gasteiger partial charge in [-0.05, 0) is 62.3 Å². The summed E-state index contributed by atoms with van der Waals surface area (Å²) in [5, 5.41) is 9.33. The van der Waals surface area contributed by atoms with Crippen LogP contribution in [-0.4, -0.2) is 42.3 Å². The van der Waals surface area contributed by atoms with Crippen LogP contribution in [0.5, 0.6) is 0 Å². The van der Waals surface area contributed by atoms with E-state index in [1.165, 1.54) is 38.6 Å². The summed E-state index contributed by atoms with van der Waals surface area (Å²) in [6.07, 6.45) is 6.25. The molecule has 0 aromatic heterocycles. The van der Waals surface area contributed by atoms with E-state index in [-0.39, 0.29) is 0 Å². The van der Waals surface area contributed by atoms with Crippen LogP contribution in [0.1, 0.15) is 46.0 Å². The quantitative estimate of drug-likeness (QED) is 0.821. The van der Waals surface area contributed by atoms with Crippen LogP contribution < -0.4 is 5.73 Å². The molecule has 3 heteroatoms. The van der Waals surface area contributed by atoms with Crippen molar-refractivity contribution in [3.8, 4) is 0 Å². The molecule has 4 atom stereocenters. The Morgan fingerprint density at radius 3 is 2.74 bits per heavy atom. The van der Waals surface area contributed by atoms with E-state index in [4.69, 9.17) is 5.73 Å². The molecule has 19 heavy (non-hydrogen) atoms. The molecule has 0 bridgehead atoms. The maximum atomic E-state index is 9.33. The van der Waals surface area contributed by atoms with Crippen molar-refractivity contribution in [1.82, 2.24) is 4.90 Å². The number of nitrogens with two attached hydrogens (primary N) is 1. The topological polar surface area (TPSA) is 49.5 Å². The molecule has 1 heterocycles. The number of likely N-dealkylation sites (tertiary alicyclic amines) is 1. The van der Waals surface area contributed by atoms with Gasteiger partial charge >= 0.3 is 0 Å². The third kappa shape index (κ3) is 4.17. The van der Waals surface area contributed by atoms with Crippen LogP contribution in [0.15, 0.2) is 0 Å². The Morgan fingerprint density at radius 1 is 1.26 bits per heavy atom. The fourth-order valence-electron chi connectivity index (χ4n) is 3.94. The van der Waals surface area contributed by atoms with Gasteiger partial charge in [-0.25, -0.2) is 0 Å². The molecule has 1 saturated heterocycles. The van der Waals surface area contributed by atoms with E-state index >= 15 is 0 Å². The molecule has 2 fully saturated rings. The second kappa shape index (κ2) is 7.05. The summed E-state index contributed by atoms with van der Waals surface area (Å²) in [7, 11) is 0. The van der Waals surface area contributed by atoms with Crippen LogP contribution in [0, 0.1) is 23.7 Å². The molecule has 0 spiro atoms. The number of aliphatic hydroxyl groups is 1. The van der Waals surface area contributed by atoms with Crippen molar-refractivity contribution in [2.75, 3.05) is 26.2 Å². The first-order valence-corrected chi connectivity index (χ1v) is 8.19. The van der Waals surface area contributed by atoms with Crippen molar-refractivity contribution in [2.45, 2.75) is 52.0 Å².